The number of nitrogens with zero attached hydrogens (tertiary/aromatic N) is 2. The van der Waals surface area contributed by atoms with Crippen LogP contribution in [0.25, 0.3) is 17.3 Å². The van der Waals surface area contributed by atoms with Crippen molar-refractivity contribution in [3.05, 3.63) is 81.8 Å². The molecule has 0 fully saturated rings. The second-order valence-electron chi connectivity index (χ2n) is 7.64. The minimum absolute atomic E-state index is 0.0593. The second kappa shape index (κ2) is 9.27. The third-order valence-corrected chi connectivity index (χ3v) is 6.23. The van der Waals surface area contributed by atoms with Crippen molar-refractivity contribution in [2.75, 3.05) is 6.54 Å². The molecule has 1 aromatic heterocycles. The minimum atomic E-state index is -0.278. The van der Waals surface area contributed by atoms with E-state index in [0.29, 0.717) is 6.54 Å². The molecule has 3 aromatic rings. The summed E-state index contributed by atoms with van der Waals surface area (Å²) in [4.78, 5) is 30.9. The molecule has 31 heavy (non-hydrogen) atoms. The molecule has 4 rings (SSSR count). The van der Waals surface area contributed by atoms with Gasteiger partial charge in [-0.25, -0.2) is 4.98 Å². The quantitative estimate of drug-likeness (QED) is 0.613. The number of fused-ring (bicyclic) bond motifs is 1. The van der Waals surface area contributed by atoms with Crippen molar-refractivity contribution in [1.29, 1.82) is 0 Å². The standard InChI is InChI=1S/C25H25N3O2S/c1-17-27-23(16-31-17)21-9-7-19(8-10-21)11-13-26-25(30)15-24-22-6-4-3-5-20(22)12-14-28(24)18(2)29/h3-10,12,14,16,24H,11,13,15H2,1-2H3,(H,26,30). The average molecular weight is 432 g/mol. The molecular formula is C25H25N3O2S. The van der Waals surface area contributed by atoms with Gasteiger partial charge in [0.15, 0.2) is 0 Å². The molecule has 6 heteroatoms. The number of aromatic nitrogens is 1. The number of carbonyl (C=O) groups excluding carboxylic acids is 2. The smallest absolute Gasteiger partial charge is 0.223 e. The minimum Gasteiger partial charge on any atom is -0.356 e. The summed E-state index contributed by atoms with van der Waals surface area (Å²) in [6.07, 6.45) is 4.68. The Labute approximate surface area is 186 Å². The molecule has 2 aromatic carbocycles. The largest absolute Gasteiger partial charge is 0.356 e. The number of amides is 2. The fourth-order valence-corrected chi connectivity index (χ4v) is 4.47. The van der Waals surface area contributed by atoms with Crippen molar-refractivity contribution in [3.63, 3.8) is 0 Å². The van der Waals surface area contributed by atoms with Gasteiger partial charge >= 0.3 is 0 Å². The van der Waals surface area contributed by atoms with Crippen molar-refractivity contribution in [3.8, 4) is 11.3 Å². The van der Waals surface area contributed by atoms with Crippen LogP contribution in [0.15, 0.2) is 60.1 Å². The molecule has 1 atom stereocenters. The molecular weight excluding hydrogens is 406 g/mol. The van der Waals surface area contributed by atoms with E-state index in [9.17, 15) is 9.59 Å². The van der Waals surface area contributed by atoms with Crippen LogP contribution in [-0.2, 0) is 16.0 Å². The molecule has 1 aliphatic heterocycles. The predicted molar refractivity (Wildman–Crippen MR) is 124 cm³/mol. The normalized spacial score (nSPS) is 14.9. The van der Waals surface area contributed by atoms with Gasteiger partial charge in [-0.1, -0.05) is 48.5 Å². The van der Waals surface area contributed by atoms with Crippen LogP contribution in [0.1, 0.15) is 41.1 Å². The third kappa shape index (κ3) is 4.91. The summed E-state index contributed by atoms with van der Waals surface area (Å²) in [7, 11) is 0. The monoisotopic (exact) mass is 431 g/mol. The summed E-state index contributed by atoms with van der Waals surface area (Å²) in [5, 5.41) is 6.13. The number of carbonyl (C=O) groups is 2. The van der Waals surface area contributed by atoms with Crippen molar-refractivity contribution >= 4 is 29.2 Å². The third-order valence-electron chi connectivity index (χ3n) is 5.45. The van der Waals surface area contributed by atoms with E-state index in [2.05, 4.69) is 39.9 Å². The summed E-state index contributed by atoms with van der Waals surface area (Å²) in [6.45, 7) is 4.08. The van der Waals surface area contributed by atoms with Gasteiger partial charge in [-0.2, -0.15) is 0 Å². The number of hydrogen-bond donors (Lipinski definition) is 1. The molecule has 0 radical (unpaired) electrons. The Balaban J connectivity index is 1.33. The first-order chi connectivity index (χ1) is 15.0. The van der Waals surface area contributed by atoms with Crippen molar-refractivity contribution in [1.82, 2.24) is 15.2 Å². The molecule has 158 valence electrons. The maximum Gasteiger partial charge on any atom is 0.223 e. The maximum atomic E-state index is 12.6. The number of benzene rings is 2. The van der Waals surface area contributed by atoms with Crippen LogP contribution in [0, 0.1) is 6.92 Å². The highest BCUT2D eigenvalue weighted by Crippen LogP contribution is 2.32. The van der Waals surface area contributed by atoms with Crippen LogP contribution in [0.5, 0.6) is 0 Å². The first kappa shape index (κ1) is 21.0. The van der Waals surface area contributed by atoms with E-state index in [1.165, 1.54) is 6.92 Å². The fraction of sp³-hybridized carbons (Fsp3) is 0.240. The maximum absolute atomic E-state index is 12.6. The number of thiazole rings is 1. The van der Waals surface area contributed by atoms with E-state index in [0.717, 1.165) is 39.4 Å². The summed E-state index contributed by atoms with van der Waals surface area (Å²) in [5.74, 6) is -0.130. The molecule has 0 bridgehead atoms. The highest BCUT2D eigenvalue weighted by Gasteiger charge is 2.27. The Morgan fingerprint density at radius 2 is 1.90 bits per heavy atom. The summed E-state index contributed by atoms with van der Waals surface area (Å²) >= 11 is 1.64. The summed E-state index contributed by atoms with van der Waals surface area (Å²) in [6, 6.07) is 15.9. The van der Waals surface area contributed by atoms with Gasteiger partial charge in [0, 0.05) is 30.6 Å². The highest BCUT2D eigenvalue weighted by atomic mass is 32.1. The predicted octanol–water partition coefficient (Wildman–Crippen LogP) is 4.74. The Hall–Kier alpha value is -3.25. The lowest BCUT2D eigenvalue weighted by Crippen LogP contribution is -2.35. The van der Waals surface area contributed by atoms with Crippen LogP contribution in [0.4, 0.5) is 0 Å². The molecule has 2 heterocycles. The Morgan fingerprint density at radius 1 is 1.13 bits per heavy atom. The van der Waals surface area contributed by atoms with Crippen LogP contribution in [-0.4, -0.2) is 28.2 Å². The second-order valence-corrected chi connectivity index (χ2v) is 8.70. The van der Waals surface area contributed by atoms with Gasteiger partial charge in [0.1, 0.15) is 0 Å². The van der Waals surface area contributed by atoms with E-state index in [4.69, 9.17) is 0 Å². The average Bonchev–Trinajstić information content (AvgIpc) is 3.20. The fourth-order valence-electron chi connectivity index (χ4n) is 3.85. The van der Waals surface area contributed by atoms with Crippen molar-refractivity contribution < 1.29 is 9.59 Å². The zero-order valence-electron chi connectivity index (χ0n) is 17.7. The van der Waals surface area contributed by atoms with E-state index in [1.807, 2.05) is 37.3 Å². The zero-order valence-corrected chi connectivity index (χ0v) is 18.5. The van der Waals surface area contributed by atoms with Crippen LogP contribution in [0.3, 0.4) is 0 Å². The Kier molecular flexibility index (Phi) is 6.28. The van der Waals surface area contributed by atoms with Gasteiger partial charge in [0.25, 0.3) is 0 Å². The highest BCUT2D eigenvalue weighted by molar-refractivity contribution is 7.09. The number of rotatable bonds is 6. The first-order valence-electron chi connectivity index (χ1n) is 10.4. The molecule has 2 amide bonds. The van der Waals surface area contributed by atoms with Gasteiger partial charge in [-0.15, -0.1) is 11.3 Å². The molecule has 1 aliphatic rings. The lowest BCUT2D eigenvalue weighted by molar-refractivity contribution is -0.129. The molecule has 0 saturated heterocycles. The van der Waals surface area contributed by atoms with Gasteiger partial charge in [0.2, 0.25) is 11.8 Å². The molecule has 0 spiro atoms. The first-order valence-corrected chi connectivity index (χ1v) is 11.2. The Morgan fingerprint density at radius 3 is 2.61 bits per heavy atom. The lowest BCUT2D eigenvalue weighted by Gasteiger charge is -2.32. The van der Waals surface area contributed by atoms with E-state index >= 15 is 0 Å². The number of nitrogens with one attached hydrogen (secondary N) is 1. The Bertz CT molecular complexity index is 1120. The SMILES string of the molecule is CC(=O)N1C=Cc2ccccc2C1CC(=O)NCCc1ccc(-c2csc(C)n2)cc1. The number of aryl methyl sites for hydroxylation is 1. The van der Waals surface area contributed by atoms with Crippen LogP contribution < -0.4 is 5.32 Å². The topological polar surface area (TPSA) is 62.3 Å². The van der Waals surface area contributed by atoms with Gasteiger partial charge in [-0.05, 0) is 36.1 Å². The zero-order chi connectivity index (χ0) is 21.8. The van der Waals surface area contributed by atoms with Crippen molar-refractivity contribution in [2.45, 2.75) is 32.7 Å². The lowest BCUT2D eigenvalue weighted by atomic mass is 9.93. The van der Waals surface area contributed by atoms with Gasteiger partial charge in [0.05, 0.1) is 23.2 Å². The van der Waals surface area contributed by atoms with Gasteiger partial charge < -0.3 is 10.2 Å². The molecule has 0 aliphatic carbocycles. The number of hydrogen-bond acceptors (Lipinski definition) is 4. The summed E-state index contributed by atoms with van der Waals surface area (Å²) < 4.78 is 0. The van der Waals surface area contributed by atoms with E-state index in [1.54, 1.807) is 22.4 Å². The van der Waals surface area contributed by atoms with Crippen molar-refractivity contribution in [2.24, 2.45) is 0 Å². The van der Waals surface area contributed by atoms with E-state index < -0.39 is 0 Å². The van der Waals surface area contributed by atoms with Crippen LogP contribution in [0.2, 0.25) is 0 Å². The molecule has 5 nitrogen and oxygen atoms in total. The molecule has 1 unspecified atom stereocenters. The summed E-state index contributed by atoms with van der Waals surface area (Å²) in [5.41, 5.74) is 5.31. The van der Waals surface area contributed by atoms with Gasteiger partial charge in [-0.3, -0.25) is 9.59 Å². The molecule has 0 saturated carbocycles. The molecule has 1 N–H and O–H groups in total. The van der Waals surface area contributed by atoms with Crippen LogP contribution >= 0.6 is 11.3 Å². The van der Waals surface area contributed by atoms with E-state index in [-0.39, 0.29) is 24.3 Å².